The molecule has 2 aromatic heterocycles. The van der Waals surface area contributed by atoms with Crippen LogP contribution in [-0.4, -0.2) is 26.8 Å². The first-order chi connectivity index (χ1) is 22.8. The molecule has 0 aliphatic carbocycles. The Hall–Kier alpha value is -5.16. The van der Waals surface area contributed by atoms with Crippen LogP contribution < -0.4 is 4.90 Å². The second-order valence-electron chi connectivity index (χ2n) is 10.5. The Morgan fingerprint density at radius 1 is 0.438 bits per heavy atom. The Bertz CT molecular complexity index is 2300. The van der Waals surface area contributed by atoms with E-state index in [1.54, 1.807) is 60.7 Å². The quantitative estimate of drug-likeness (QED) is 0.136. The summed E-state index contributed by atoms with van der Waals surface area (Å²) in [4.78, 5) is 11.8. The van der Waals surface area contributed by atoms with Crippen molar-refractivity contribution in [1.29, 1.82) is 0 Å². The van der Waals surface area contributed by atoms with Gasteiger partial charge in [-0.25, -0.2) is 26.8 Å². The molecule has 9 nitrogen and oxygen atoms in total. The zero-order valence-electron chi connectivity index (χ0n) is 25.3. The molecule has 0 saturated carbocycles. The van der Waals surface area contributed by atoms with Gasteiger partial charge in [0.15, 0.2) is 0 Å². The van der Waals surface area contributed by atoms with Crippen molar-refractivity contribution < 1.29 is 36.3 Å². The van der Waals surface area contributed by atoms with Crippen molar-refractivity contribution in [3.63, 3.8) is 0 Å². The molecule has 7 rings (SSSR count). The molecule has 0 amide bonds. The van der Waals surface area contributed by atoms with Crippen LogP contribution in [0.3, 0.4) is 0 Å². The van der Waals surface area contributed by atoms with E-state index in [4.69, 9.17) is 9.97 Å². The average Bonchev–Trinajstić information content (AvgIpc) is 3.10. The number of sulfonamides is 2. The van der Waals surface area contributed by atoms with Gasteiger partial charge in [0.2, 0.25) is 0 Å². The van der Waals surface area contributed by atoms with Gasteiger partial charge in [0, 0.05) is 5.69 Å². The van der Waals surface area contributed by atoms with Crippen molar-refractivity contribution in [3.8, 4) is 0 Å². The predicted octanol–water partition coefficient (Wildman–Crippen LogP) is 9.04. The molecule has 2 heterocycles. The normalized spacial score (nSPS) is 11.5. The summed E-state index contributed by atoms with van der Waals surface area (Å²) in [6, 6.07) is 43.2. The van der Waals surface area contributed by atoms with Crippen LogP contribution in [0.4, 0.5) is 28.7 Å². The van der Waals surface area contributed by atoms with Crippen molar-refractivity contribution in [2.24, 2.45) is 0 Å². The summed E-state index contributed by atoms with van der Waals surface area (Å²) in [5.41, 5.74) is 1.88. The summed E-state index contributed by atoms with van der Waals surface area (Å²) in [5.74, 6) is 0.892. The van der Waals surface area contributed by atoms with Crippen molar-refractivity contribution >= 4 is 70.6 Å². The molecule has 7 aromatic rings. The molecule has 0 unspecified atom stereocenters. The van der Waals surface area contributed by atoms with Gasteiger partial charge in [-0.2, -0.15) is 0 Å². The van der Waals surface area contributed by atoms with E-state index in [1.165, 1.54) is 24.3 Å². The third-order valence-corrected chi connectivity index (χ3v) is 9.97. The number of rotatable bonds is 9. The molecule has 0 aliphatic rings. The van der Waals surface area contributed by atoms with Crippen molar-refractivity contribution in [2.75, 3.05) is 4.90 Å². The third kappa shape index (κ3) is 6.64. The molecule has 0 fully saturated rings. The van der Waals surface area contributed by atoms with Gasteiger partial charge in [0.25, 0.3) is 0 Å². The first-order valence-corrected chi connectivity index (χ1v) is 17.4. The summed E-state index contributed by atoms with van der Waals surface area (Å²) in [6.07, 6.45) is 0. The van der Waals surface area contributed by atoms with E-state index in [9.17, 15) is 16.8 Å². The van der Waals surface area contributed by atoms with Crippen LogP contribution in [0.25, 0.3) is 31.3 Å². The number of aromatic nitrogens is 2. The Kier molecular flexibility index (Phi) is 9.23. The van der Waals surface area contributed by atoms with Gasteiger partial charge >= 0.3 is 19.5 Å². The maximum absolute atomic E-state index is 13.2. The van der Waals surface area contributed by atoms with E-state index >= 15 is 0 Å². The molecule has 0 saturated heterocycles. The number of benzene rings is 5. The standard InChI is InChI=1S/C36H25N5O4S2.Zn/c42-46(43,29-16-6-2-7-17-29)39-31-20-10-12-26-22-24-33(37-35(26)31)41(28-14-4-1-5-15-28)34-25-23-27-13-11-21-32(36(27)38-34)40-47(44,45)30-18-8-3-9-19-30;/h1-25H;/q-2;+2. The van der Waals surface area contributed by atoms with E-state index in [-0.39, 0.29) is 40.6 Å². The van der Waals surface area contributed by atoms with Crippen LogP contribution >= 0.6 is 0 Å². The molecule has 0 radical (unpaired) electrons. The Labute approximate surface area is 291 Å². The van der Waals surface area contributed by atoms with E-state index in [2.05, 4.69) is 9.44 Å². The zero-order chi connectivity index (χ0) is 32.4. The van der Waals surface area contributed by atoms with Gasteiger partial charge in [0.05, 0.1) is 20.8 Å². The van der Waals surface area contributed by atoms with Crippen molar-refractivity contribution in [1.82, 2.24) is 9.97 Å². The number of fused-ring (bicyclic) bond motifs is 2. The molecule has 0 bridgehead atoms. The Balaban J connectivity index is 0.00000401. The first kappa shape index (κ1) is 32.8. The van der Waals surface area contributed by atoms with E-state index < -0.39 is 20.0 Å². The van der Waals surface area contributed by atoms with Gasteiger partial charge < -0.3 is 9.44 Å². The minimum Gasteiger partial charge on any atom is -0.571 e. The van der Waals surface area contributed by atoms with Crippen molar-refractivity contribution in [3.05, 3.63) is 161 Å². The predicted molar refractivity (Wildman–Crippen MR) is 185 cm³/mol. The molecule has 12 heteroatoms. The molecule has 0 N–H and O–H groups in total. The summed E-state index contributed by atoms with van der Waals surface area (Å²) >= 11 is 0. The van der Waals surface area contributed by atoms with Crippen molar-refractivity contribution in [2.45, 2.75) is 9.79 Å². The Morgan fingerprint density at radius 2 is 0.833 bits per heavy atom. The molecule has 0 atom stereocenters. The topological polar surface area (TPSA) is 126 Å². The molecule has 5 aromatic carbocycles. The molecule has 232 valence electrons. The SMILES string of the molecule is O=S(=O)([N-]c1cccc2ccc(N(c3ccccc3)c3ccc4cccc([N-]S(=O)(=O)c5ccccc5)c4n3)nc12)c1ccccc1.[Zn+2]. The summed E-state index contributed by atoms with van der Waals surface area (Å²) in [6.45, 7) is 0. The minimum atomic E-state index is -4.01. The maximum Gasteiger partial charge on any atom is 2.00 e. The number of para-hydroxylation sites is 3. The van der Waals surface area contributed by atoms with Crippen LogP contribution in [0.2, 0.25) is 0 Å². The number of anilines is 3. The van der Waals surface area contributed by atoms with Crippen LogP contribution in [0.1, 0.15) is 0 Å². The molecule has 48 heavy (non-hydrogen) atoms. The van der Waals surface area contributed by atoms with Crippen LogP contribution in [-0.2, 0) is 39.5 Å². The van der Waals surface area contributed by atoms with Gasteiger partial charge in [-0.15, -0.1) is 11.4 Å². The molecular weight excluding hydrogens is 696 g/mol. The summed E-state index contributed by atoms with van der Waals surface area (Å²) in [5, 5.41) is 1.40. The first-order valence-electron chi connectivity index (χ1n) is 14.5. The zero-order valence-corrected chi connectivity index (χ0v) is 29.9. The van der Waals surface area contributed by atoms with Crippen LogP contribution in [0.15, 0.2) is 161 Å². The maximum atomic E-state index is 13.2. The second kappa shape index (κ2) is 13.5. The molecular formula is C36H25N5O4S2Zn. The fraction of sp³-hybridized carbons (Fsp3) is 0. The molecule has 0 spiro atoms. The summed E-state index contributed by atoms with van der Waals surface area (Å²) in [7, 11) is -8.01. The smallest absolute Gasteiger partial charge is 0.571 e. The Morgan fingerprint density at radius 3 is 1.25 bits per heavy atom. The monoisotopic (exact) mass is 719 g/mol. The number of pyridine rings is 2. The fourth-order valence-electron chi connectivity index (χ4n) is 5.15. The van der Waals surface area contributed by atoms with Gasteiger partial charge in [-0.05, 0) is 71.4 Å². The average molecular weight is 721 g/mol. The van der Waals surface area contributed by atoms with Gasteiger partial charge in [-0.1, -0.05) is 91.0 Å². The van der Waals surface area contributed by atoms with Crippen LogP contribution in [0.5, 0.6) is 0 Å². The van der Waals surface area contributed by atoms with Crippen LogP contribution in [0, 0.1) is 0 Å². The van der Waals surface area contributed by atoms with E-state index in [0.717, 1.165) is 5.69 Å². The van der Waals surface area contributed by atoms with E-state index in [0.29, 0.717) is 33.4 Å². The van der Waals surface area contributed by atoms with Gasteiger partial charge in [0.1, 0.15) is 31.7 Å². The number of nitrogens with zero attached hydrogens (tertiary/aromatic N) is 5. The number of hydrogen-bond donors (Lipinski definition) is 0. The summed E-state index contributed by atoms with van der Waals surface area (Å²) < 4.78 is 61.1. The van der Waals surface area contributed by atoms with Gasteiger partial charge in [-0.3, -0.25) is 4.90 Å². The third-order valence-electron chi connectivity index (χ3n) is 7.36. The molecule has 0 aliphatic heterocycles. The minimum absolute atomic E-state index is 0. The largest absolute Gasteiger partial charge is 2.00 e. The fourth-order valence-corrected chi connectivity index (χ4v) is 7.17. The second-order valence-corrected chi connectivity index (χ2v) is 13.7. The number of hydrogen-bond acceptors (Lipinski definition) is 7. The van der Waals surface area contributed by atoms with E-state index in [1.807, 2.05) is 71.6 Å².